The number of rotatable bonds is 8. The number of methoxy groups -OCH3 is 1. The lowest BCUT2D eigenvalue weighted by Gasteiger charge is -2.34. The third kappa shape index (κ3) is 5.02. The van der Waals surface area contributed by atoms with Gasteiger partial charge in [0.05, 0.1) is 25.9 Å². The maximum atomic E-state index is 12.1. The van der Waals surface area contributed by atoms with Crippen LogP contribution in [0.3, 0.4) is 0 Å². The molecule has 1 saturated heterocycles. The van der Waals surface area contributed by atoms with Gasteiger partial charge in [0.15, 0.2) is 0 Å². The minimum Gasteiger partial charge on any atom is -0.389 e. The molecule has 1 aliphatic carbocycles. The van der Waals surface area contributed by atoms with Crippen LogP contribution in [0, 0.1) is 5.92 Å². The molecule has 0 aromatic rings. The van der Waals surface area contributed by atoms with Crippen molar-refractivity contribution in [2.45, 2.75) is 50.7 Å². The van der Waals surface area contributed by atoms with E-state index < -0.39 is 6.10 Å². The largest absolute Gasteiger partial charge is 0.389 e. The van der Waals surface area contributed by atoms with E-state index in [0.717, 1.165) is 38.6 Å². The number of nitrogens with zero attached hydrogens (tertiary/aromatic N) is 1. The molecule has 3 atom stereocenters. The molecule has 5 heteroatoms. The molecule has 0 bridgehead atoms. The van der Waals surface area contributed by atoms with Gasteiger partial charge in [0.2, 0.25) is 0 Å². The summed E-state index contributed by atoms with van der Waals surface area (Å²) in [5, 5.41) is 10.1. The van der Waals surface area contributed by atoms with E-state index in [0.29, 0.717) is 38.2 Å². The van der Waals surface area contributed by atoms with E-state index in [2.05, 4.69) is 4.90 Å². The Morgan fingerprint density at radius 3 is 2.90 bits per heavy atom. The van der Waals surface area contributed by atoms with E-state index in [1.165, 1.54) is 6.42 Å². The van der Waals surface area contributed by atoms with Crippen LogP contribution in [0.15, 0.2) is 0 Å². The highest BCUT2D eigenvalue weighted by molar-refractivity contribution is 5.82. The third-order valence-corrected chi connectivity index (χ3v) is 4.67. The molecule has 2 fully saturated rings. The Kier molecular flexibility index (Phi) is 7.10. The Bertz CT molecular complexity index is 323. The van der Waals surface area contributed by atoms with E-state index in [1.54, 1.807) is 7.11 Å². The maximum Gasteiger partial charge on any atom is 0.137 e. The van der Waals surface area contributed by atoms with Gasteiger partial charge in [0.1, 0.15) is 5.78 Å². The van der Waals surface area contributed by atoms with Crippen LogP contribution in [0.2, 0.25) is 0 Å². The first-order valence-electron chi connectivity index (χ1n) is 8.24. The summed E-state index contributed by atoms with van der Waals surface area (Å²) >= 11 is 0. The number of carbonyl (C=O) groups is 1. The molecule has 0 radical (unpaired) electrons. The first kappa shape index (κ1) is 16.9. The summed E-state index contributed by atoms with van der Waals surface area (Å²) < 4.78 is 10.3. The summed E-state index contributed by atoms with van der Waals surface area (Å²) in [4.78, 5) is 14.4. The van der Waals surface area contributed by atoms with Crippen LogP contribution in [0.4, 0.5) is 0 Å². The molecule has 0 spiro atoms. The Morgan fingerprint density at radius 1 is 1.29 bits per heavy atom. The standard InChI is InChI=1S/C16H29NO4/c1-20-9-10-21-12-13(18)11-17-8-4-6-15(17)14-5-2-3-7-16(14)19/h13-15,18H,2-12H2,1H3. The number of Topliss-reactive ketones (excluding diaryl/α,β-unsaturated/α-hetero) is 1. The fourth-order valence-electron chi connectivity index (χ4n) is 3.64. The molecule has 3 unspecified atom stereocenters. The highest BCUT2D eigenvalue weighted by Gasteiger charge is 2.37. The predicted molar refractivity (Wildman–Crippen MR) is 80.3 cm³/mol. The molecule has 1 saturated carbocycles. The van der Waals surface area contributed by atoms with Crippen LogP contribution in [0.25, 0.3) is 0 Å². The Morgan fingerprint density at radius 2 is 2.14 bits per heavy atom. The Balaban J connectivity index is 1.77. The number of likely N-dealkylation sites (tertiary alicyclic amines) is 1. The van der Waals surface area contributed by atoms with Gasteiger partial charge in [-0.15, -0.1) is 0 Å². The van der Waals surface area contributed by atoms with Crippen LogP contribution in [0.5, 0.6) is 0 Å². The van der Waals surface area contributed by atoms with Crippen LogP contribution in [-0.2, 0) is 14.3 Å². The van der Waals surface area contributed by atoms with Crippen LogP contribution < -0.4 is 0 Å². The van der Waals surface area contributed by atoms with Crippen molar-refractivity contribution in [1.29, 1.82) is 0 Å². The molecule has 1 heterocycles. The average Bonchev–Trinajstić information content (AvgIpc) is 2.92. The van der Waals surface area contributed by atoms with Crippen molar-refractivity contribution in [3.8, 4) is 0 Å². The average molecular weight is 299 g/mol. The highest BCUT2D eigenvalue weighted by atomic mass is 16.5. The zero-order valence-electron chi connectivity index (χ0n) is 13.1. The lowest BCUT2D eigenvalue weighted by atomic mass is 9.82. The molecule has 5 nitrogen and oxygen atoms in total. The summed E-state index contributed by atoms with van der Waals surface area (Å²) in [7, 11) is 1.63. The fourth-order valence-corrected chi connectivity index (χ4v) is 3.64. The van der Waals surface area contributed by atoms with Crippen molar-refractivity contribution in [2.75, 3.05) is 40.0 Å². The SMILES string of the molecule is COCCOCC(O)CN1CCCC1C1CCCCC1=O. The number of aliphatic hydroxyl groups excluding tert-OH is 1. The van der Waals surface area contributed by atoms with E-state index >= 15 is 0 Å². The van der Waals surface area contributed by atoms with Crippen LogP contribution in [0.1, 0.15) is 38.5 Å². The van der Waals surface area contributed by atoms with E-state index in [1.807, 2.05) is 0 Å². The molecule has 0 amide bonds. The van der Waals surface area contributed by atoms with Crippen LogP contribution in [-0.4, -0.2) is 68.0 Å². The number of hydrogen-bond acceptors (Lipinski definition) is 5. The van der Waals surface area contributed by atoms with Gasteiger partial charge < -0.3 is 14.6 Å². The molecule has 21 heavy (non-hydrogen) atoms. The van der Waals surface area contributed by atoms with Gasteiger partial charge in [0, 0.05) is 32.0 Å². The predicted octanol–water partition coefficient (Wildman–Crippen LogP) is 1.23. The smallest absolute Gasteiger partial charge is 0.137 e. The minimum atomic E-state index is -0.485. The molecule has 1 N–H and O–H groups in total. The van der Waals surface area contributed by atoms with E-state index in [9.17, 15) is 9.90 Å². The molecular formula is C16H29NO4. The number of carbonyl (C=O) groups excluding carboxylic acids is 1. The van der Waals surface area contributed by atoms with E-state index in [-0.39, 0.29) is 5.92 Å². The Labute approximate surface area is 127 Å². The monoisotopic (exact) mass is 299 g/mol. The second kappa shape index (κ2) is 8.83. The summed E-state index contributed by atoms with van der Waals surface area (Å²) in [5.41, 5.74) is 0. The molecule has 0 aromatic carbocycles. The maximum absolute atomic E-state index is 12.1. The number of aliphatic hydroxyl groups is 1. The third-order valence-electron chi connectivity index (χ3n) is 4.67. The summed E-state index contributed by atoms with van der Waals surface area (Å²) in [6.45, 7) is 3.00. The first-order valence-corrected chi connectivity index (χ1v) is 8.24. The lowest BCUT2D eigenvalue weighted by Crippen LogP contribution is -2.44. The van der Waals surface area contributed by atoms with E-state index in [4.69, 9.17) is 9.47 Å². The number of ketones is 1. The quantitative estimate of drug-likeness (QED) is 0.683. The van der Waals surface area contributed by atoms with Crippen molar-refractivity contribution < 1.29 is 19.4 Å². The molecular weight excluding hydrogens is 270 g/mol. The molecule has 1 aliphatic heterocycles. The summed E-state index contributed by atoms with van der Waals surface area (Å²) in [6, 6.07) is 0.339. The summed E-state index contributed by atoms with van der Waals surface area (Å²) in [5.74, 6) is 0.631. The second-order valence-electron chi connectivity index (χ2n) is 6.24. The highest BCUT2D eigenvalue weighted by Crippen LogP contribution is 2.32. The van der Waals surface area contributed by atoms with Crippen molar-refractivity contribution >= 4 is 5.78 Å². The van der Waals surface area contributed by atoms with Crippen molar-refractivity contribution in [2.24, 2.45) is 5.92 Å². The van der Waals surface area contributed by atoms with Crippen molar-refractivity contribution in [1.82, 2.24) is 4.90 Å². The van der Waals surface area contributed by atoms with Crippen molar-refractivity contribution in [3.63, 3.8) is 0 Å². The van der Waals surface area contributed by atoms with Gasteiger partial charge in [-0.05, 0) is 32.2 Å². The zero-order chi connectivity index (χ0) is 15.1. The van der Waals surface area contributed by atoms with Gasteiger partial charge in [-0.2, -0.15) is 0 Å². The van der Waals surface area contributed by atoms with Gasteiger partial charge in [-0.1, -0.05) is 6.42 Å². The normalized spacial score (nSPS) is 29.0. The van der Waals surface area contributed by atoms with Gasteiger partial charge in [-0.25, -0.2) is 0 Å². The van der Waals surface area contributed by atoms with Gasteiger partial charge in [0.25, 0.3) is 0 Å². The van der Waals surface area contributed by atoms with Crippen LogP contribution >= 0.6 is 0 Å². The second-order valence-corrected chi connectivity index (χ2v) is 6.24. The Hall–Kier alpha value is -0.490. The molecule has 122 valence electrons. The molecule has 0 aromatic heterocycles. The van der Waals surface area contributed by atoms with Crippen molar-refractivity contribution in [3.05, 3.63) is 0 Å². The number of β-amino-alcohol motifs (C(OH)–C–C–N with tert-alkyl or cyclic N) is 1. The minimum absolute atomic E-state index is 0.197. The molecule has 2 aliphatic rings. The zero-order valence-corrected chi connectivity index (χ0v) is 13.1. The van der Waals surface area contributed by atoms with Gasteiger partial charge in [-0.3, -0.25) is 9.69 Å². The number of ether oxygens (including phenoxy) is 2. The lowest BCUT2D eigenvalue weighted by molar-refractivity contribution is -0.127. The summed E-state index contributed by atoms with van der Waals surface area (Å²) in [6.07, 6.45) is 5.74. The first-order chi connectivity index (χ1) is 10.2. The fraction of sp³-hybridized carbons (Fsp3) is 0.938. The topological polar surface area (TPSA) is 59.0 Å². The van der Waals surface area contributed by atoms with Gasteiger partial charge >= 0.3 is 0 Å². The molecule has 2 rings (SSSR count). The number of hydrogen-bond donors (Lipinski definition) is 1.